The molecule has 0 aliphatic carbocycles. The normalized spacial score (nSPS) is 32.0. The van der Waals surface area contributed by atoms with Gasteiger partial charge in [0.15, 0.2) is 0 Å². The molecule has 2 fully saturated rings. The number of carbonyl (C=O) groups excluding carboxylic acids is 3. The van der Waals surface area contributed by atoms with Crippen LogP contribution in [0.1, 0.15) is 77.4 Å². The van der Waals surface area contributed by atoms with E-state index in [1.165, 1.54) is 0 Å². The van der Waals surface area contributed by atoms with E-state index in [4.69, 9.17) is 14.2 Å². The molecular formula is C32H50N2O8S2. The number of Topliss-reactive ketones (excluding diaryl/α,β-unsaturated/α-hetero) is 1. The molecule has 3 heterocycles. The van der Waals surface area contributed by atoms with Gasteiger partial charge in [-0.1, -0.05) is 34.1 Å². The lowest BCUT2D eigenvalue weighted by atomic mass is 9.73. The third-order valence-electron chi connectivity index (χ3n) is 9.03. The Morgan fingerprint density at radius 1 is 1.20 bits per heavy atom. The first-order valence-electron chi connectivity index (χ1n) is 15.5. The Morgan fingerprint density at radius 3 is 2.57 bits per heavy atom. The van der Waals surface area contributed by atoms with Gasteiger partial charge in [-0.3, -0.25) is 14.5 Å². The van der Waals surface area contributed by atoms with Crippen LogP contribution in [0.3, 0.4) is 0 Å². The van der Waals surface area contributed by atoms with Gasteiger partial charge in [0.1, 0.15) is 25.1 Å². The number of thioether (sulfide) groups is 1. The summed E-state index contributed by atoms with van der Waals surface area (Å²) in [5, 5.41) is 24.9. The monoisotopic (exact) mass is 654 g/mol. The maximum atomic E-state index is 13.4. The Balaban J connectivity index is 1.82. The van der Waals surface area contributed by atoms with Gasteiger partial charge < -0.3 is 24.4 Å². The van der Waals surface area contributed by atoms with Crippen LogP contribution in [0.4, 0.5) is 4.79 Å². The fourth-order valence-corrected chi connectivity index (χ4v) is 6.84. The summed E-state index contributed by atoms with van der Waals surface area (Å²) in [5.74, 6) is -0.996. The van der Waals surface area contributed by atoms with Gasteiger partial charge in [-0.25, -0.2) is 9.78 Å². The molecule has 2 saturated heterocycles. The molecule has 0 aromatic carbocycles. The van der Waals surface area contributed by atoms with Crippen LogP contribution in [-0.2, 0) is 23.8 Å². The Morgan fingerprint density at radius 2 is 1.91 bits per heavy atom. The maximum absolute atomic E-state index is 13.4. The number of nitrogens with zero attached hydrogens (tertiary/aromatic N) is 2. The SMILES string of the molecule is CSCCOC(=O)OCC[N@@]1C2C[C@@H](/C(C)=C/c3csc(C)n3)OC(=O)C[C@H](O)C(C)(C)C(=O)[C@H](C)[C@@H](O)[C@@H](C)CCC[C@H]21. The number of aliphatic hydroxyl groups is 2. The molecule has 1 aromatic rings. The Kier molecular flexibility index (Phi) is 13.7. The van der Waals surface area contributed by atoms with Crippen molar-refractivity contribution in [2.75, 3.05) is 31.8 Å². The molecule has 8 atom stereocenters. The highest BCUT2D eigenvalue weighted by atomic mass is 32.2. The van der Waals surface area contributed by atoms with Crippen molar-refractivity contribution < 1.29 is 38.8 Å². The van der Waals surface area contributed by atoms with Crippen molar-refractivity contribution >= 4 is 47.1 Å². The number of rotatable bonds is 8. The van der Waals surface area contributed by atoms with E-state index in [9.17, 15) is 24.6 Å². The van der Waals surface area contributed by atoms with Gasteiger partial charge in [-0.15, -0.1) is 11.3 Å². The molecule has 10 nitrogen and oxygen atoms in total. The van der Waals surface area contributed by atoms with Gasteiger partial charge in [-0.05, 0) is 50.5 Å². The number of ketones is 1. The minimum atomic E-state index is -1.27. The lowest BCUT2D eigenvalue weighted by molar-refractivity contribution is -0.154. The third kappa shape index (κ3) is 10.0. The second kappa shape index (κ2) is 16.5. The van der Waals surface area contributed by atoms with Crippen molar-refractivity contribution in [2.45, 2.75) is 104 Å². The molecule has 1 unspecified atom stereocenters. The van der Waals surface area contributed by atoms with Crippen LogP contribution in [0.2, 0.25) is 0 Å². The van der Waals surface area contributed by atoms with Crippen LogP contribution in [0, 0.1) is 24.2 Å². The number of ether oxygens (including phenoxy) is 3. The van der Waals surface area contributed by atoms with Crippen molar-refractivity contribution in [2.24, 2.45) is 17.3 Å². The van der Waals surface area contributed by atoms with Crippen LogP contribution >= 0.6 is 23.1 Å². The fraction of sp³-hybridized carbons (Fsp3) is 0.750. The van der Waals surface area contributed by atoms with Crippen molar-refractivity contribution in [3.63, 3.8) is 0 Å². The van der Waals surface area contributed by atoms with Gasteiger partial charge in [-0.2, -0.15) is 11.8 Å². The van der Waals surface area contributed by atoms with E-state index in [2.05, 4.69) is 9.88 Å². The number of fused-ring (bicyclic) bond motifs is 1. The maximum Gasteiger partial charge on any atom is 0.508 e. The number of hydrogen-bond acceptors (Lipinski definition) is 12. The molecule has 1 aromatic heterocycles. The van der Waals surface area contributed by atoms with Gasteiger partial charge >= 0.3 is 12.1 Å². The number of thiazole rings is 1. The van der Waals surface area contributed by atoms with E-state index in [1.807, 2.05) is 38.5 Å². The number of aryl methyl sites for hydroxylation is 1. The summed E-state index contributed by atoms with van der Waals surface area (Å²) in [6.45, 7) is 11.7. The van der Waals surface area contributed by atoms with Crippen LogP contribution in [0.5, 0.6) is 0 Å². The second-order valence-electron chi connectivity index (χ2n) is 12.7. The standard InChI is InChI=1S/C32H50N2O8S2/c1-19-9-8-10-24-25(34(24)11-12-40-31(39)41-13-14-43-7)16-26(20(2)15-23-18-44-22(4)33-23)42-28(36)17-27(35)32(5,6)30(38)21(3)29(19)37/h15,18-19,21,24-27,29,35,37H,8-14,16-17H2,1-7H3/b20-15+/t19-,21+,24+,25?,26-,27-,29-,34+/m0/s1. The zero-order valence-corrected chi connectivity index (χ0v) is 28.7. The fourth-order valence-electron chi connectivity index (χ4n) is 6.02. The van der Waals surface area contributed by atoms with Gasteiger partial charge in [0.05, 0.1) is 34.7 Å². The average molecular weight is 655 g/mol. The van der Waals surface area contributed by atoms with E-state index in [0.717, 1.165) is 35.5 Å². The molecule has 2 aliphatic heterocycles. The summed E-state index contributed by atoms with van der Waals surface area (Å²) in [5.41, 5.74) is 0.377. The molecule has 0 bridgehead atoms. The van der Waals surface area contributed by atoms with Crippen molar-refractivity contribution in [1.29, 1.82) is 0 Å². The number of carbonyl (C=O) groups is 3. The number of aromatic nitrogens is 1. The van der Waals surface area contributed by atoms with E-state index in [-0.39, 0.29) is 36.8 Å². The summed E-state index contributed by atoms with van der Waals surface area (Å²) in [4.78, 5) is 45.4. The smallest absolute Gasteiger partial charge is 0.458 e. The molecule has 248 valence electrons. The summed E-state index contributed by atoms with van der Waals surface area (Å²) < 4.78 is 16.4. The zero-order valence-electron chi connectivity index (χ0n) is 27.1. The van der Waals surface area contributed by atoms with Gasteiger partial charge in [0.25, 0.3) is 0 Å². The first-order chi connectivity index (χ1) is 20.8. The molecule has 44 heavy (non-hydrogen) atoms. The lowest BCUT2D eigenvalue weighted by Gasteiger charge is -2.34. The van der Waals surface area contributed by atoms with Crippen molar-refractivity contribution in [3.8, 4) is 0 Å². The molecule has 12 heteroatoms. The number of hydrogen-bond donors (Lipinski definition) is 2. The van der Waals surface area contributed by atoms with Gasteiger partial charge in [0, 0.05) is 42.1 Å². The van der Waals surface area contributed by atoms with Gasteiger partial charge in [0.2, 0.25) is 0 Å². The molecule has 3 rings (SSSR count). The van der Waals surface area contributed by atoms with Crippen molar-refractivity contribution in [3.05, 3.63) is 21.7 Å². The van der Waals surface area contributed by atoms with E-state index < -0.39 is 41.8 Å². The first-order valence-corrected chi connectivity index (χ1v) is 17.8. The summed E-state index contributed by atoms with van der Waals surface area (Å²) in [6, 6.07) is 0.266. The quantitative estimate of drug-likeness (QED) is 0.225. The topological polar surface area (TPSA) is 135 Å². The highest BCUT2D eigenvalue weighted by molar-refractivity contribution is 7.98. The summed E-state index contributed by atoms with van der Waals surface area (Å²) in [6.07, 6.45) is 3.05. The summed E-state index contributed by atoms with van der Waals surface area (Å²) in [7, 11) is 0. The van der Waals surface area contributed by atoms with Crippen LogP contribution in [0.25, 0.3) is 6.08 Å². The average Bonchev–Trinajstić information content (AvgIpc) is 3.43. The molecule has 0 saturated carbocycles. The highest BCUT2D eigenvalue weighted by Gasteiger charge is 2.48. The van der Waals surface area contributed by atoms with E-state index >= 15 is 0 Å². The largest absolute Gasteiger partial charge is 0.508 e. The zero-order chi connectivity index (χ0) is 32.6. The second-order valence-corrected chi connectivity index (χ2v) is 14.7. The predicted molar refractivity (Wildman–Crippen MR) is 173 cm³/mol. The lowest BCUT2D eigenvalue weighted by Crippen LogP contribution is -2.45. The van der Waals surface area contributed by atoms with E-state index in [1.54, 1.807) is 43.9 Å². The Labute approximate surface area is 269 Å². The molecule has 0 amide bonds. The van der Waals surface area contributed by atoms with Crippen molar-refractivity contribution in [1.82, 2.24) is 9.88 Å². The first kappa shape index (κ1) is 36.5. The summed E-state index contributed by atoms with van der Waals surface area (Å²) >= 11 is 3.12. The minimum absolute atomic E-state index is 0.0828. The van der Waals surface area contributed by atoms with E-state index in [0.29, 0.717) is 25.3 Å². The molecular weight excluding hydrogens is 604 g/mol. The minimum Gasteiger partial charge on any atom is -0.458 e. The number of esters is 1. The Bertz CT molecular complexity index is 1160. The van der Waals surface area contributed by atoms with Crippen LogP contribution < -0.4 is 0 Å². The van der Waals surface area contributed by atoms with Crippen LogP contribution in [0.15, 0.2) is 11.0 Å². The Hall–Kier alpha value is -1.99. The molecule has 2 aliphatic rings. The molecule has 0 radical (unpaired) electrons. The number of cyclic esters (lactones) is 1. The predicted octanol–water partition coefficient (Wildman–Crippen LogP) is 4.89. The van der Waals surface area contributed by atoms with Crippen LogP contribution in [-0.4, -0.2) is 100 Å². The number of aliphatic hydroxyl groups excluding tert-OH is 2. The highest BCUT2D eigenvalue weighted by Crippen LogP contribution is 2.39. The molecule has 2 N–H and O–H groups in total. The third-order valence-corrected chi connectivity index (χ3v) is 10.4. The molecule has 0 spiro atoms.